The van der Waals surface area contributed by atoms with Crippen LogP contribution in [0.25, 0.3) is 0 Å². The molecule has 0 unspecified atom stereocenters. The molecule has 1 N–H and O–H groups in total. The van der Waals surface area contributed by atoms with E-state index in [-0.39, 0.29) is 22.6 Å². The first-order valence-electron chi connectivity index (χ1n) is 5.92. The van der Waals surface area contributed by atoms with Crippen molar-refractivity contribution in [2.45, 2.75) is 0 Å². The number of phenolic OH excluding ortho intramolecular Hbond substituents is 1. The molecular weight excluding hydrogens is 637 g/mol. The molecule has 0 aliphatic carbocycles. The Morgan fingerprint density at radius 3 is 2.22 bits per heavy atom. The van der Waals surface area contributed by atoms with Crippen LogP contribution >= 0.6 is 67.8 Å². The third-order valence-electron chi connectivity index (χ3n) is 2.82. The summed E-state index contributed by atoms with van der Waals surface area (Å²) in [6, 6.07) is 9.71. The van der Waals surface area contributed by atoms with Gasteiger partial charge in [-0.1, -0.05) is 0 Å². The highest BCUT2D eigenvalue weighted by molar-refractivity contribution is 14.1. The fourth-order valence-corrected chi connectivity index (χ4v) is 4.07. The van der Waals surface area contributed by atoms with Crippen molar-refractivity contribution < 1.29 is 14.6 Å². The van der Waals surface area contributed by atoms with Crippen LogP contribution in [-0.2, 0) is 0 Å². The molecule has 0 radical (unpaired) electrons. The molecule has 2 aromatic carbocycles. The molecule has 0 spiro atoms. The Hall–Kier alpha value is -1.12. The normalized spacial score (nSPS) is 9.78. The summed E-state index contributed by atoms with van der Waals surface area (Å²) in [4.78, 5) is 12.5. The Morgan fingerprint density at radius 1 is 1.00 bits per heavy atom. The molecule has 0 atom stereocenters. The van der Waals surface area contributed by atoms with Crippen LogP contribution < -0.4 is 4.74 Å². The number of halogens is 3. The molecule has 0 heterocycles. The Balaban J connectivity index is 2.50. The van der Waals surface area contributed by atoms with Gasteiger partial charge in [0, 0.05) is 10.7 Å². The fourth-order valence-electron chi connectivity index (χ4n) is 1.75. The molecule has 5 nitrogen and oxygen atoms in total. The summed E-state index contributed by atoms with van der Waals surface area (Å²) < 4.78 is 7.67. The van der Waals surface area contributed by atoms with Crippen LogP contribution in [0.1, 0.15) is 21.5 Å². The second-order valence-electron chi connectivity index (χ2n) is 4.16. The number of nitriles is 2. The minimum absolute atomic E-state index is 0.0580. The van der Waals surface area contributed by atoms with E-state index < -0.39 is 5.97 Å². The number of benzene rings is 2. The van der Waals surface area contributed by atoms with Gasteiger partial charge >= 0.3 is 5.97 Å². The number of esters is 1. The number of hydrogen-bond acceptors (Lipinski definition) is 5. The first-order valence-corrected chi connectivity index (χ1v) is 9.16. The zero-order valence-corrected chi connectivity index (χ0v) is 17.6. The van der Waals surface area contributed by atoms with E-state index in [1.165, 1.54) is 12.1 Å². The van der Waals surface area contributed by atoms with Crippen LogP contribution in [0.4, 0.5) is 0 Å². The van der Waals surface area contributed by atoms with Gasteiger partial charge in [-0.2, -0.15) is 10.5 Å². The molecule has 2 aromatic rings. The van der Waals surface area contributed by atoms with Gasteiger partial charge in [0.2, 0.25) is 0 Å². The number of hydrogen-bond donors (Lipinski definition) is 1. The first kappa shape index (κ1) is 18.2. The van der Waals surface area contributed by atoms with Crippen molar-refractivity contribution in [3.63, 3.8) is 0 Å². The Morgan fingerprint density at radius 2 is 1.61 bits per heavy atom. The van der Waals surface area contributed by atoms with Gasteiger partial charge in [-0.05, 0) is 92.0 Å². The quantitative estimate of drug-likeness (QED) is 0.230. The Kier molecular flexibility index (Phi) is 6.05. The molecule has 2 rings (SSSR count). The average molecular weight is 642 g/mol. The van der Waals surface area contributed by atoms with Crippen LogP contribution in [0.2, 0.25) is 0 Å². The lowest BCUT2D eigenvalue weighted by molar-refractivity contribution is 0.0731. The summed E-state index contributed by atoms with van der Waals surface area (Å²) in [5, 5.41) is 27.8. The summed E-state index contributed by atoms with van der Waals surface area (Å²) in [6.45, 7) is 0. The summed E-state index contributed by atoms with van der Waals surface area (Å²) in [7, 11) is 0. The van der Waals surface area contributed by atoms with Crippen LogP contribution in [0.5, 0.6) is 11.5 Å². The minimum Gasteiger partial charge on any atom is -0.507 e. The molecule has 0 bridgehead atoms. The van der Waals surface area contributed by atoms with E-state index in [4.69, 9.17) is 10.00 Å². The number of aromatic hydroxyl groups is 1. The molecule has 0 saturated carbocycles. The van der Waals surface area contributed by atoms with Gasteiger partial charge in [-0.3, -0.25) is 0 Å². The predicted octanol–water partition coefficient (Wildman–Crippen LogP) is 4.17. The van der Waals surface area contributed by atoms with Crippen LogP contribution in [0.3, 0.4) is 0 Å². The van der Waals surface area contributed by atoms with E-state index in [1.807, 2.05) is 28.7 Å². The van der Waals surface area contributed by atoms with E-state index in [9.17, 15) is 15.2 Å². The highest BCUT2D eigenvalue weighted by Crippen LogP contribution is 2.31. The molecular formula is C15H5I3N2O3. The highest BCUT2D eigenvalue weighted by Gasteiger charge is 2.21. The molecule has 0 amide bonds. The maximum atomic E-state index is 12.5. The van der Waals surface area contributed by atoms with Crippen molar-refractivity contribution >= 4 is 73.7 Å². The Bertz CT molecular complexity index is 898. The molecule has 0 aromatic heterocycles. The number of phenols is 1. The van der Waals surface area contributed by atoms with E-state index in [0.717, 1.165) is 10.7 Å². The number of nitrogens with zero attached hydrogens (tertiary/aromatic N) is 2. The summed E-state index contributed by atoms with van der Waals surface area (Å²) in [5.74, 6) is -1.01. The standard InChI is InChI=1S/C15H5I3N2O3/c16-9-1-2-10(17)14(18)13(9)15(22)23-12-4-3-11(21)7(5-19)8(12)6-20/h1-4,21H. The smallest absolute Gasteiger partial charge is 0.345 e. The third kappa shape index (κ3) is 3.70. The number of carbonyl (C=O) groups is 1. The molecule has 8 heteroatoms. The topological polar surface area (TPSA) is 94.1 Å². The van der Waals surface area contributed by atoms with E-state index >= 15 is 0 Å². The maximum Gasteiger partial charge on any atom is 0.345 e. The van der Waals surface area contributed by atoms with Gasteiger partial charge in [0.1, 0.15) is 29.0 Å². The molecule has 0 aliphatic rings. The van der Waals surface area contributed by atoms with Crippen LogP contribution in [-0.4, -0.2) is 11.1 Å². The second-order valence-corrected chi connectivity index (χ2v) is 7.57. The van der Waals surface area contributed by atoms with Gasteiger partial charge in [-0.15, -0.1) is 0 Å². The Labute approximate surface area is 172 Å². The lowest BCUT2D eigenvalue weighted by Gasteiger charge is -2.11. The van der Waals surface area contributed by atoms with Crippen molar-refractivity contribution in [1.82, 2.24) is 0 Å². The van der Waals surface area contributed by atoms with E-state index in [1.54, 1.807) is 18.2 Å². The predicted molar refractivity (Wildman–Crippen MR) is 107 cm³/mol. The number of carbonyl (C=O) groups excluding carboxylic acids is 1. The van der Waals surface area contributed by atoms with E-state index in [0.29, 0.717) is 5.56 Å². The number of ether oxygens (including phenoxy) is 1. The van der Waals surface area contributed by atoms with Crippen molar-refractivity contribution in [1.29, 1.82) is 10.5 Å². The monoisotopic (exact) mass is 642 g/mol. The van der Waals surface area contributed by atoms with Crippen molar-refractivity contribution in [3.8, 4) is 23.6 Å². The van der Waals surface area contributed by atoms with Gasteiger partial charge in [0.25, 0.3) is 0 Å². The third-order valence-corrected chi connectivity index (χ3v) is 6.77. The van der Waals surface area contributed by atoms with E-state index in [2.05, 4.69) is 45.2 Å². The van der Waals surface area contributed by atoms with Crippen molar-refractivity contribution in [2.24, 2.45) is 0 Å². The summed E-state index contributed by atoms with van der Waals surface area (Å²) >= 11 is 6.20. The highest BCUT2D eigenvalue weighted by atomic mass is 127. The lowest BCUT2D eigenvalue weighted by atomic mass is 10.1. The van der Waals surface area contributed by atoms with Gasteiger partial charge in [0.05, 0.1) is 5.56 Å². The minimum atomic E-state index is -0.622. The summed E-state index contributed by atoms with van der Waals surface area (Å²) in [6.07, 6.45) is 0. The second kappa shape index (κ2) is 7.63. The molecule has 0 saturated heterocycles. The fraction of sp³-hybridized carbons (Fsp3) is 0. The molecule has 114 valence electrons. The SMILES string of the molecule is N#Cc1c(O)ccc(OC(=O)c2c(I)ccc(I)c2I)c1C#N. The summed E-state index contributed by atoms with van der Waals surface area (Å²) in [5.41, 5.74) is 0.00917. The first-order chi connectivity index (χ1) is 10.9. The molecule has 0 aliphatic heterocycles. The van der Waals surface area contributed by atoms with Gasteiger partial charge in [-0.25, -0.2) is 4.79 Å². The van der Waals surface area contributed by atoms with Crippen LogP contribution in [0, 0.1) is 33.4 Å². The lowest BCUT2D eigenvalue weighted by Crippen LogP contribution is -2.14. The van der Waals surface area contributed by atoms with Crippen LogP contribution in [0.15, 0.2) is 24.3 Å². The van der Waals surface area contributed by atoms with Gasteiger partial charge < -0.3 is 9.84 Å². The zero-order valence-electron chi connectivity index (χ0n) is 11.1. The average Bonchev–Trinajstić information content (AvgIpc) is 2.52. The maximum absolute atomic E-state index is 12.5. The van der Waals surface area contributed by atoms with Crippen molar-refractivity contribution in [2.75, 3.05) is 0 Å². The van der Waals surface area contributed by atoms with Gasteiger partial charge in [0.15, 0.2) is 5.75 Å². The largest absolute Gasteiger partial charge is 0.507 e. The zero-order chi connectivity index (χ0) is 17.1. The van der Waals surface area contributed by atoms with Crippen molar-refractivity contribution in [3.05, 3.63) is 51.7 Å². The molecule has 23 heavy (non-hydrogen) atoms. The number of rotatable bonds is 2. The molecule has 0 fully saturated rings.